The molecule has 4 rings (SSSR count). The summed E-state index contributed by atoms with van der Waals surface area (Å²) in [6.45, 7) is 1.89. The smallest absolute Gasteiger partial charge is 0.228 e. The van der Waals surface area contributed by atoms with E-state index in [0.717, 1.165) is 47.7 Å². The molecule has 1 atom stereocenters. The molecule has 0 radical (unpaired) electrons. The normalized spacial score (nSPS) is 11.9. The summed E-state index contributed by atoms with van der Waals surface area (Å²) >= 11 is 0. The van der Waals surface area contributed by atoms with E-state index in [1.165, 1.54) is 0 Å². The van der Waals surface area contributed by atoms with Crippen molar-refractivity contribution in [3.8, 4) is 11.3 Å². The summed E-state index contributed by atoms with van der Waals surface area (Å²) in [7, 11) is 0. The van der Waals surface area contributed by atoms with E-state index in [1.807, 2.05) is 25.3 Å². The van der Waals surface area contributed by atoms with Gasteiger partial charge in [0.25, 0.3) is 0 Å². The summed E-state index contributed by atoms with van der Waals surface area (Å²) in [5, 5.41) is 5.27. The summed E-state index contributed by atoms with van der Waals surface area (Å²) in [4.78, 5) is 44.8. The maximum atomic E-state index is 12.8. The standard InChI is InChI=1S/C27H30N6O2/c1-2-22(34)7-4-3-5-8-23(32-26(35)16-25-29-12-6-13-30-25)27-31-18-24(33-27)20-10-9-19-11-14-28-17-21(19)15-20/h6,9-15,17-18,23H,2-5,7-8,16H2,1H3,(H,31,33)(H,32,35)/t23-/m0/s1. The van der Waals surface area contributed by atoms with Crippen LogP contribution in [0.25, 0.3) is 22.0 Å². The number of fused-ring (bicyclic) bond motifs is 1. The van der Waals surface area contributed by atoms with Crippen LogP contribution in [-0.2, 0) is 16.0 Å². The van der Waals surface area contributed by atoms with E-state index < -0.39 is 0 Å². The maximum Gasteiger partial charge on any atom is 0.228 e. The van der Waals surface area contributed by atoms with Crippen molar-refractivity contribution >= 4 is 22.5 Å². The summed E-state index contributed by atoms with van der Waals surface area (Å²) in [5.74, 6) is 1.32. The monoisotopic (exact) mass is 470 g/mol. The zero-order valence-corrected chi connectivity index (χ0v) is 19.9. The van der Waals surface area contributed by atoms with E-state index in [1.54, 1.807) is 30.9 Å². The number of pyridine rings is 1. The highest BCUT2D eigenvalue weighted by Gasteiger charge is 2.19. The first kappa shape index (κ1) is 24.2. The quantitative estimate of drug-likeness (QED) is 0.289. The van der Waals surface area contributed by atoms with E-state index in [-0.39, 0.29) is 18.4 Å². The number of H-pyrrole nitrogens is 1. The SMILES string of the molecule is CCC(=O)CCCCC[C@H](NC(=O)Cc1ncccn1)c1ncc(-c2ccc3ccncc3c2)[nH]1. The molecule has 0 saturated carbocycles. The number of aromatic amines is 1. The van der Waals surface area contributed by atoms with Gasteiger partial charge in [-0.15, -0.1) is 0 Å². The lowest BCUT2D eigenvalue weighted by molar-refractivity contribution is -0.121. The van der Waals surface area contributed by atoms with Gasteiger partial charge in [-0.3, -0.25) is 14.6 Å². The molecule has 1 amide bonds. The molecule has 3 aromatic heterocycles. The number of Topliss-reactive ketones (excluding diaryl/α,β-unsaturated/α-hetero) is 1. The van der Waals surface area contributed by atoms with Gasteiger partial charge in [-0.25, -0.2) is 15.0 Å². The van der Waals surface area contributed by atoms with Crippen LogP contribution in [0, 0.1) is 0 Å². The number of hydrogen-bond donors (Lipinski definition) is 2. The number of hydrogen-bond acceptors (Lipinski definition) is 6. The van der Waals surface area contributed by atoms with Gasteiger partial charge in [0.1, 0.15) is 17.4 Å². The van der Waals surface area contributed by atoms with E-state index in [9.17, 15) is 9.59 Å². The van der Waals surface area contributed by atoms with Crippen LogP contribution in [0.3, 0.4) is 0 Å². The van der Waals surface area contributed by atoms with Crippen LogP contribution >= 0.6 is 0 Å². The second-order valence-electron chi connectivity index (χ2n) is 8.57. The number of carbonyl (C=O) groups is 2. The number of ketones is 1. The first-order chi connectivity index (χ1) is 17.1. The average Bonchev–Trinajstić information content (AvgIpc) is 3.38. The summed E-state index contributed by atoms with van der Waals surface area (Å²) in [6, 6.07) is 9.61. The van der Waals surface area contributed by atoms with Crippen LogP contribution in [0.15, 0.2) is 61.3 Å². The van der Waals surface area contributed by atoms with Crippen LogP contribution < -0.4 is 5.32 Å². The van der Waals surface area contributed by atoms with Crippen LogP contribution in [-0.4, -0.2) is 36.6 Å². The molecule has 1 aromatic carbocycles. The largest absolute Gasteiger partial charge is 0.346 e. The van der Waals surface area contributed by atoms with Gasteiger partial charge in [0, 0.05) is 48.6 Å². The van der Waals surface area contributed by atoms with E-state index in [4.69, 9.17) is 0 Å². The molecule has 2 N–H and O–H groups in total. The third-order valence-corrected chi connectivity index (χ3v) is 5.99. The topological polar surface area (TPSA) is 114 Å². The minimum atomic E-state index is -0.274. The lowest BCUT2D eigenvalue weighted by Gasteiger charge is -2.17. The number of benzene rings is 1. The molecule has 8 nitrogen and oxygen atoms in total. The number of nitrogens with zero attached hydrogens (tertiary/aromatic N) is 4. The molecule has 180 valence electrons. The number of nitrogens with one attached hydrogen (secondary N) is 2. The van der Waals surface area contributed by atoms with Gasteiger partial charge < -0.3 is 10.3 Å². The van der Waals surface area contributed by atoms with Crippen LogP contribution in [0.5, 0.6) is 0 Å². The zero-order valence-electron chi connectivity index (χ0n) is 19.9. The molecule has 3 heterocycles. The second kappa shape index (κ2) is 12.0. The molecular formula is C27H30N6O2. The number of carbonyl (C=O) groups excluding carboxylic acids is 2. The van der Waals surface area contributed by atoms with Gasteiger partial charge in [0.15, 0.2) is 0 Å². The minimum absolute atomic E-state index is 0.105. The van der Waals surface area contributed by atoms with Crippen molar-refractivity contribution < 1.29 is 9.59 Å². The highest BCUT2D eigenvalue weighted by Crippen LogP contribution is 2.25. The predicted octanol–water partition coefficient (Wildman–Crippen LogP) is 4.74. The fourth-order valence-corrected chi connectivity index (χ4v) is 4.02. The molecule has 8 heteroatoms. The van der Waals surface area contributed by atoms with Gasteiger partial charge in [0.2, 0.25) is 5.91 Å². The van der Waals surface area contributed by atoms with E-state index in [0.29, 0.717) is 30.3 Å². The lowest BCUT2D eigenvalue weighted by Crippen LogP contribution is -2.31. The Morgan fingerprint density at radius 2 is 1.83 bits per heavy atom. The number of imidazole rings is 1. The Morgan fingerprint density at radius 1 is 0.971 bits per heavy atom. The molecule has 0 aliphatic heterocycles. The Morgan fingerprint density at radius 3 is 2.66 bits per heavy atom. The number of unbranched alkanes of at least 4 members (excludes halogenated alkanes) is 2. The molecule has 0 saturated heterocycles. The summed E-state index contributed by atoms with van der Waals surface area (Å²) in [6.07, 6.45) is 13.4. The van der Waals surface area contributed by atoms with Crippen LogP contribution in [0.1, 0.15) is 63.1 Å². The van der Waals surface area contributed by atoms with Crippen LogP contribution in [0.4, 0.5) is 0 Å². The first-order valence-corrected chi connectivity index (χ1v) is 12.1. The van der Waals surface area contributed by atoms with Gasteiger partial charge in [-0.2, -0.15) is 0 Å². The van der Waals surface area contributed by atoms with Crippen molar-refractivity contribution in [1.29, 1.82) is 0 Å². The summed E-state index contributed by atoms with van der Waals surface area (Å²) < 4.78 is 0. The Kier molecular flexibility index (Phi) is 8.27. The summed E-state index contributed by atoms with van der Waals surface area (Å²) in [5.41, 5.74) is 1.88. The molecule has 0 aliphatic carbocycles. The number of rotatable bonds is 12. The molecular weight excluding hydrogens is 440 g/mol. The van der Waals surface area contributed by atoms with Gasteiger partial charge in [-0.05, 0) is 36.4 Å². The fraction of sp³-hybridized carbons (Fsp3) is 0.333. The molecule has 0 fully saturated rings. The van der Waals surface area contributed by atoms with E-state index >= 15 is 0 Å². The molecule has 4 aromatic rings. The predicted molar refractivity (Wildman–Crippen MR) is 134 cm³/mol. The maximum absolute atomic E-state index is 12.8. The Hall–Kier alpha value is -3.94. The van der Waals surface area contributed by atoms with Crippen molar-refractivity contribution in [1.82, 2.24) is 30.2 Å². The number of amides is 1. The lowest BCUT2D eigenvalue weighted by atomic mass is 10.0. The fourth-order valence-electron chi connectivity index (χ4n) is 4.02. The van der Waals surface area contributed by atoms with Gasteiger partial charge in [0.05, 0.1) is 24.4 Å². The minimum Gasteiger partial charge on any atom is -0.346 e. The third-order valence-electron chi connectivity index (χ3n) is 5.99. The Bertz CT molecular complexity index is 1270. The third kappa shape index (κ3) is 6.79. The Balaban J connectivity index is 1.46. The van der Waals surface area contributed by atoms with Crippen LogP contribution in [0.2, 0.25) is 0 Å². The number of aromatic nitrogens is 5. The first-order valence-electron chi connectivity index (χ1n) is 12.1. The van der Waals surface area contributed by atoms with Crippen molar-refractivity contribution in [3.63, 3.8) is 0 Å². The van der Waals surface area contributed by atoms with Gasteiger partial charge in [-0.1, -0.05) is 31.9 Å². The van der Waals surface area contributed by atoms with Crippen molar-refractivity contribution in [2.75, 3.05) is 0 Å². The molecule has 0 bridgehead atoms. The average molecular weight is 471 g/mol. The molecule has 0 unspecified atom stereocenters. The molecule has 0 aliphatic rings. The van der Waals surface area contributed by atoms with Crippen molar-refractivity contribution in [2.45, 2.75) is 57.9 Å². The van der Waals surface area contributed by atoms with E-state index in [2.05, 4.69) is 42.4 Å². The van der Waals surface area contributed by atoms with Crippen molar-refractivity contribution in [2.24, 2.45) is 0 Å². The highest BCUT2D eigenvalue weighted by atomic mass is 16.1. The zero-order chi connectivity index (χ0) is 24.5. The Labute approximate surface area is 204 Å². The molecule has 35 heavy (non-hydrogen) atoms. The highest BCUT2D eigenvalue weighted by molar-refractivity contribution is 5.86. The van der Waals surface area contributed by atoms with Gasteiger partial charge >= 0.3 is 0 Å². The molecule has 0 spiro atoms. The van der Waals surface area contributed by atoms with Crippen molar-refractivity contribution in [3.05, 3.63) is 73.0 Å². The second-order valence-corrected chi connectivity index (χ2v) is 8.57.